The Morgan fingerprint density at radius 3 is 2.86 bits per heavy atom. The highest BCUT2D eigenvalue weighted by Crippen LogP contribution is 2.55. The van der Waals surface area contributed by atoms with Crippen molar-refractivity contribution in [1.82, 2.24) is 15.0 Å². The number of carbonyl (C=O) groups is 1. The molecule has 6 nitrogen and oxygen atoms in total. The van der Waals surface area contributed by atoms with Crippen LogP contribution in [0.2, 0.25) is 5.02 Å². The van der Waals surface area contributed by atoms with Crippen molar-refractivity contribution in [2.45, 2.75) is 25.7 Å². The zero-order chi connectivity index (χ0) is 19.7. The summed E-state index contributed by atoms with van der Waals surface area (Å²) in [6.07, 6.45) is 3.92. The normalized spacial score (nSPS) is 20.6. The molecule has 1 aliphatic carbocycles. The molecule has 1 amide bonds. The number of ether oxygens (including phenoxy) is 1. The maximum Gasteiger partial charge on any atom is 0.229 e. The summed E-state index contributed by atoms with van der Waals surface area (Å²) in [5.74, 6) is 1.58. The number of aromatic nitrogens is 3. The maximum atomic E-state index is 12.8. The second-order valence-corrected chi connectivity index (χ2v) is 8.15. The Morgan fingerprint density at radius 2 is 2.18 bits per heavy atom. The van der Waals surface area contributed by atoms with Crippen LogP contribution in [0.15, 0.2) is 41.4 Å². The van der Waals surface area contributed by atoms with Crippen molar-refractivity contribution < 1.29 is 9.53 Å². The van der Waals surface area contributed by atoms with Crippen LogP contribution in [0.4, 0.5) is 5.82 Å². The molecule has 3 aromatic rings. The molecule has 1 aliphatic rings. The highest BCUT2D eigenvalue weighted by atomic mass is 35.5. The SMILES string of the molecule is Cc1ncc(OC[C@@]2(c3ccsc3)C[C@H]2C(=O)Nc2ccc(Cl)cn2)c(C)n1. The van der Waals surface area contributed by atoms with Gasteiger partial charge in [-0.25, -0.2) is 15.0 Å². The number of thiophene rings is 1. The number of hydrogen-bond acceptors (Lipinski definition) is 6. The predicted octanol–water partition coefficient (Wildman–Crippen LogP) is 4.18. The Balaban J connectivity index is 1.50. The number of aryl methyl sites for hydroxylation is 2. The van der Waals surface area contributed by atoms with Gasteiger partial charge in [-0.05, 0) is 54.8 Å². The first-order valence-corrected chi connectivity index (χ1v) is 10.2. The number of amides is 1. The van der Waals surface area contributed by atoms with Crippen molar-refractivity contribution in [2.24, 2.45) is 5.92 Å². The molecule has 28 heavy (non-hydrogen) atoms. The van der Waals surface area contributed by atoms with Gasteiger partial charge in [-0.2, -0.15) is 11.3 Å². The van der Waals surface area contributed by atoms with Gasteiger partial charge in [-0.15, -0.1) is 0 Å². The molecule has 0 unspecified atom stereocenters. The molecule has 1 saturated carbocycles. The molecule has 0 radical (unpaired) electrons. The number of rotatable bonds is 6. The standard InChI is InChI=1S/C20H19ClN4O2S/c1-12-17(9-22-13(2)24-12)27-11-20(14-5-6-28-10-14)7-16(20)19(26)25-18-4-3-15(21)8-23-18/h3-6,8-10,16H,7,11H2,1-2H3,(H,23,25,26)/t16-,20+/m0/s1. The molecule has 3 aromatic heterocycles. The molecule has 0 aromatic carbocycles. The molecule has 0 aliphatic heterocycles. The van der Waals surface area contributed by atoms with Crippen LogP contribution in [0.5, 0.6) is 5.75 Å². The van der Waals surface area contributed by atoms with Gasteiger partial charge in [0, 0.05) is 11.6 Å². The van der Waals surface area contributed by atoms with E-state index in [-0.39, 0.29) is 17.2 Å². The lowest BCUT2D eigenvalue weighted by Gasteiger charge is -2.18. The molecule has 1 fully saturated rings. The summed E-state index contributed by atoms with van der Waals surface area (Å²) in [5.41, 5.74) is 1.56. The summed E-state index contributed by atoms with van der Waals surface area (Å²) >= 11 is 7.47. The van der Waals surface area contributed by atoms with E-state index in [1.807, 2.05) is 19.2 Å². The minimum absolute atomic E-state index is 0.0681. The topological polar surface area (TPSA) is 77.0 Å². The van der Waals surface area contributed by atoms with E-state index >= 15 is 0 Å². The molecule has 0 bridgehead atoms. The Bertz CT molecular complexity index is 994. The molecule has 0 spiro atoms. The number of carbonyl (C=O) groups excluding carboxylic acids is 1. The Morgan fingerprint density at radius 1 is 1.32 bits per heavy atom. The number of pyridine rings is 1. The average Bonchev–Trinajstić information content (AvgIpc) is 3.14. The zero-order valence-electron chi connectivity index (χ0n) is 15.5. The molecular formula is C20H19ClN4O2S. The minimum atomic E-state index is -0.353. The van der Waals surface area contributed by atoms with Crippen molar-refractivity contribution in [2.75, 3.05) is 11.9 Å². The van der Waals surface area contributed by atoms with E-state index in [1.54, 1.807) is 29.7 Å². The van der Waals surface area contributed by atoms with Crippen molar-refractivity contribution in [3.8, 4) is 5.75 Å². The third kappa shape index (κ3) is 3.72. The van der Waals surface area contributed by atoms with Gasteiger partial charge in [-0.1, -0.05) is 11.6 Å². The zero-order valence-corrected chi connectivity index (χ0v) is 17.0. The van der Waals surface area contributed by atoms with Crippen LogP contribution < -0.4 is 10.1 Å². The lowest BCUT2D eigenvalue weighted by molar-refractivity contribution is -0.117. The van der Waals surface area contributed by atoms with Crippen LogP contribution in [0, 0.1) is 19.8 Å². The van der Waals surface area contributed by atoms with Crippen LogP contribution in [0.3, 0.4) is 0 Å². The second-order valence-electron chi connectivity index (χ2n) is 6.93. The van der Waals surface area contributed by atoms with Gasteiger partial charge in [0.2, 0.25) is 5.91 Å². The first kappa shape index (κ1) is 18.8. The molecule has 1 N–H and O–H groups in total. The molecule has 2 atom stereocenters. The van der Waals surface area contributed by atoms with Crippen molar-refractivity contribution >= 4 is 34.7 Å². The fourth-order valence-electron chi connectivity index (χ4n) is 3.34. The van der Waals surface area contributed by atoms with Crippen LogP contribution >= 0.6 is 22.9 Å². The third-order valence-electron chi connectivity index (χ3n) is 5.01. The van der Waals surface area contributed by atoms with Gasteiger partial charge in [0.25, 0.3) is 0 Å². The minimum Gasteiger partial charge on any atom is -0.489 e. The Hall–Kier alpha value is -2.51. The van der Waals surface area contributed by atoms with E-state index in [4.69, 9.17) is 16.3 Å². The summed E-state index contributed by atoms with van der Waals surface area (Å²) in [4.78, 5) is 25.5. The maximum absolute atomic E-state index is 12.8. The number of anilines is 1. The second kappa shape index (κ2) is 7.48. The monoisotopic (exact) mass is 414 g/mol. The number of halogens is 1. The van der Waals surface area contributed by atoms with Gasteiger partial charge in [0.05, 0.1) is 29.4 Å². The molecule has 3 heterocycles. The third-order valence-corrected chi connectivity index (χ3v) is 5.91. The van der Waals surface area contributed by atoms with Crippen LogP contribution in [-0.2, 0) is 10.2 Å². The van der Waals surface area contributed by atoms with E-state index in [0.717, 1.165) is 17.7 Å². The summed E-state index contributed by atoms with van der Waals surface area (Å²) < 4.78 is 6.06. The van der Waals surface area contributed by atoms with Crippen LogP contribution in [0.25, 0.3) is 0 Å². The van der Waals surface area contributed by atoms with Crippen LogP contribution in [0.1, 0.15) is 23.5 Å². The van der Waals surface area contributed by atoms with Gasteiger partial charge < -0.3 is 10.1 Å². The van der Waals surface area contributed by atoms with E-state index < -0.39 is 0 Å². The summed E-state index contributed by atoms with van der Waals surface area (Å²) in [6, 6.07) is 5.45. The molecule has 4 rings (SSSR count). The predicted molar refractivity (Wildman–Crippen MR) is 109 cm³/mol. The number of nitrogens with zero attached hydrogens (tertiary/aromatic N) is 3. The number of nitrogens with one attached hydrogen (secondary N) is 1. The molecule has 0 saturated heterocycles. The quantitative estimate of drug-likeness (QED) is 0.654. The molecule has 8 heteroatoms. The molecular weight excluding hydrogens is 396 g/mol. The summed E-state index contributed by atoms with van der Waals surface area (Å²) in [5, 5.41) is 7.51. The fourth-order valence-corrected chi connectivity index (χ4v) is 4.22. The summed E-state index contributed by atoms with van der Waals surface area (Å²) in [7, 11) is 0. The van der Waals surface area contributed by atoms with Crippen molar-refractivity contribution in [1.29, 1.82) is 0 Å². The van der Waals surface area contributed by atoms with E-state index in [2.05, 4.69) is 31.7 Å². The van der Waals surface area contributed by atoms with E-state index in [1.165, 1.54) is 6.20 Å². The Kier molecular flexibility index (Phi) is 5.03. The Labute approximate surface area is 172 Å². The molecule has 144 valence electrons. The lowest BCUT2D eigenvalue weighted by Crippen LogP contribution is -2.26. The first-order valence-electron chi connectivity index (χ1n) is 8.86. The van der Waals surface area contributed by atoms with E-state index in [0.29, 0.717) is 29.0 Å². The van der Waals surface area contributed by atoms with Gasteiger partial charge in [0.1, 0.15) is 11.6 Å². The van der Waals surface area contributed by atoms with Gasteiger partial charge >= 0.3 is 0 Å². The lowest BCUT2D eigenvalue weighted by atomic mass is 9.96. The van der Waals surface area contributed by atoms with Gasteiger partial charge in [0.15, 0.2) is 5.75 Å². The van der Waals surface area contributed by atoms with Gasteiger partial charge in [-0.3, -0.25) is 4.79 Å². The summed E-state index contributed by atoms with van der Waals surface area (Å²) in [6.45, 7) is 4.13. The first-order chi connectivity index (χ1) is 13.5. The highest BCUT2D eigenvalue weighted by molar-refractivity contribution is 7.08. The van der Waals surface area contributed by atoms with E-state index in [9.17, 15) is 4.79 Å². The average molecular weight is 415 g/mol. The fraction of sp³-hybridized carbons (Fsp3) is 0.300. The highest BCUT2D eigenvalue weighted by Gasteiger charge is 2.60. The van der Waals surface area contributed by atoms with Crippen molar-refractivity contribution in [3.05, 3.63) is 63.5 Å². The van der Waals surface area contributed by atoms with Crippen LogP contribution in [-0.4, -0.2) is 27.5 Å². The smallest absolute Gasteiger partial charge is 0.229 e. The largest absolute Gasteiger partial charge is 0.489 e. The van der Waals surface area contributed by atoms with Crippen molar-refractivity contribution in [3.63, 3.8) is 0 Å². The number of hydrogen-bond donors (Lipinski definition) is 1.